The van der Waals surface area contributed by atoms with Crippen molar-refractivity contribution < 1.29 is 19.2 Å². The number of carboxylic acids is 1. The van der Waals surface area contributed by atoms with Gasteiger partial charge in [0, 0.05) is 18.2 Å². The zero-order valence-electron chi connectivity index (χ0n) is 20.5. The van der Waals surface area contributed by atoms with Crippen molar-refractivity contribution in [2.24, 2.45) is 5.92 Å². The Morgan fingerprint density at radius 2 is 1.71 bits per heavy atom. The summed E-state index contributed by atoms with van der Waals surface area (Å²) in [4.78, 5) is 15.8. The third kappa shape index (κ3) is 5.49. The third-order valence-corrected chi connectivity index (χ3v) is 6.38. The number of methoxy groups -OCH3 is 1. The summed E-state index contributed by atoms with van der Waals surface area (Å²) in [7, 11) is 1.69. The van der Waals surface area contributed by atoms with Gasteiger partial charge in [0.25, 0.3) is 5.89 Å². The van der Waals surface area contributed by atoms with Crippen LogP contribution in [0.2, 0.25) is 0 Å². The number of rotatable bonds is 9. The van der Waals surface area contributed by atoms with Crippen molar-refractivity contribution in [1.82, 2.24) is 10.1 Å². The van der Waals surface area contributed by atoms with E-state index >= 15 is 0 Å². The minimum atomic E-state index is -0.770. The van der Waals surface area contributed by atoms with Crippen LogP contribution < -0.4 is 0 Å². The first-order chi connectivity index (χ1) is 16.9. The Hall–Kier alpha value is -3.77. The minimum absolute atomic E-state index is 0.141. The van der Waals surface area contributed by atoms with Crippen LogP contribution in [-0.4, -0.2) is 28.3 Å². The fraction of sp³-hybridized carbons (Fsp3) is 0.276. The van der Waals surface area contributed by atoms with E-state index in [0.717, 1.165) is 27.8 Å². The molecule has 1 aromatic heterocycles. The number of aromatic nitrogens is 2. The molecule has 6 heteroatoms. The van der Waals surface area contributed by atoms with E-state index in [1.54, 1.807) is 14.0 Å². The second-order valence-electron chi connectivity index (χ2n) is 9.04. The summed E-state index contributed by atoms with van der Waals surface area (Å²) < 4.78 is 11.1. The molecule has 0 saturated heterocycles. The molecule has 0 aliphatic heterocycles. The molecule has 0 unspecified atom stereocenters. The molecule has 1 heterocycles. The summed E-state index contributed by atoms with van der Waals surface area (Å²) in [6.07, 6.45) is 0.587. The Balaban J connectivity index is 1.57. The van der Waals surface area contributed by atoms with Crippen LogP contribution in [0.5, 0.6) is 0 Å². The van der Waals surface area contributed by atoms with Gasteiger partial charge in [-0.15, -0.1) is 0 Å². The van der Waals surface area contributed by atoms with E-state index in [1.165, 1.54) is 11.1 Å². The summed E-state index contributed by atoms with van der Waals surface area (Å²) in [5.74, 6) is -0.0595. The van der Waals surface area contributed by atoms with E-state index in [-0.39, 0.29) is 11.8 Å². The second-order valence-corrected chi connectivity index (χ2v) is 9.04. The molecule has 2 atom stereocenters. The van der Waals surface area contributed by atoms with E-state index in [9.17, 15) is 4.79 Å². The Morgan fingerprint density at radius 1 is 1.00 bits per heavy atom. The highest BCUT2D eigenvalue weighted by molar-refractivity contribution is 5.74. The predicted octanol–water partition coefficient (Wildman–Crippen LogP) is 6.74. The summed E-state index contributed by atoms with van der Waals surface area (Å²) in [6.45, 7) is 6.35. The van der Waals surface area contributed by atoms with Crippen molar-refractivity contribution in [3.05, 3.63) is 83.4 Å². The van der Waals surface area contributed by atoms with Gasteiger partial charge in [0.1, 0.15) is 0 Å². The highest BCUT2D eigenvalue weighted by Crippen LogP contribution is 2.32. The molecule has 4 rings (SSSR count). The van der Waals surface area contributed by atoms with Crippen LogP contribution in [0.4, 0.5) is 0 Å². The topological polar surface area (TPSA) is 85.5 Å². The first kappa shape index (κ1) is 24.4. The maximum absolute atomic E-state index is 11.2. The molecule has 35 heavy (non-hydrogen) atoms. The number of ether oxygens (including phenoxy) is 1. The summed E-state index contributed by atoms with van der Waals surface area (Å²) in [6, 6.07) is 22.3. The maximum atomic E-state index is 11.2. The molecular formula is C29H30N2O4. The van der Waals surface area contributed by atoms with Crippen molar-refractivity contribution in [3.63, 3.8) is 0 Å². The highest BCUT2D eigenvalue weighted by atomic mass is 16.5. The lowest BCUT2D eigenvalue weighted by atomic mass is 9.91. The molecule has 0 fully saturated rings. The van der Waals surface area contributed by atoms with Crippen LogP contribution in [0.3, 0.4) is 0 Å². The average Bonchev–Trinajstić information content (AvgIpc) is 3.35. The fourth-order valence-corrected chi connectivity index (χ4v) is 4.33. The van der Waals surface area contributed by atoms with Crippen LogP contribution in [0.25, 0.3) is 34.0 Å². The molecule has 0 saturated carbocycles. The molecule has 4 aromatic rings. The molecule has 180 valence electrons. The first-order valence-corrected chi connectivity index (χ1v) is 11.7. The quantitative estimate of drug-likeness (QED) is 0.292. The van der Waals surface area contributed by atoms with Gasteiger partial charge in [-0.3, -0.25) is 4.79 Å². The molecule has 0 aliphatic carbocycles. The Bertz CT molecular complexity index is 1310. The van der Waals surface area contributed by atoms with Gasteiger partial charge < -0.3 is 14.4 Å². The number of benzene rings is 3. The number of hydrogen-bond donors (Lipinski definition) is 1. The molecule has 0 bridgehead atoms. The second kappa shape index (κ2) is 10.7. The van der Waals surface area contributed by atoms with Gasteiger partial charge in [0.2, 0.25) is 5.82 Å². The van der Waals surface area contributed by atoms with Crippen LogP contribution in [0.15, 0.2) is 71.3 Å². The maximum Gasteiger partial charge on any atom is 0.306 e. The smallest absolute Gasteiger partial charge is 0.306 e. The SMILES string of the molecule is COCc1cc(-c2nc(-c3ccc([C@@H](C)C[C@H](C)C(=O)O)cc3)no2)ccc1-c1ccccc1C. The third-order valence-electron chi connectivity index (χ3n) is 6.38. The predicted molar refractivity (Wildman–Crippen MR) is 136 cm³/mol. The van der Waals surface area contributed by atoms with Gasteiger partial charge in [-0.2, -0.15) is 4.98 Å². The van der Waals surface area contributed by atoms with E-state index in [4.69, 9.17) is 14.4 Å². The summed E-state index contributed by atoms with van der Waals surface area (Å²) in [5, 5.41) is 13.3. The van der Waals surface area contributed by atoms with E-state index < -0.39 is 5.97 Å². The van der Waals surface area contributed by atoms with Crippen LogP contribution in [0, 0.1) is 12.8 Å². The number of carboxylic acid groups (broad SMARTS) is 1. The molecule has 0 amide bonds. The largest absolute Gasteiger partial charge is 0.481 e. The van der Waals surface area contributed by atoms with Crippen molar-refractivity contribution in [2.45, 2.75) is 39.7 Å². The molecule has 0 aliphatic rings. The summed E-state index contributed by atoms with van der Waals surface area (Å²) in [5.41, 5.74) is 7.30. The molecule has 3 aromatic carbocycles. The average molecular weight is 471 g/mol. The van der Waals surface area contributed by atoms with Crippen molar-refractivity contribution in [3.8, 4) is 34.0 Å². The number of nitrogens with zero attached hydrogens (tertiary/aromatic N) is 2. The van der Waals surface area contributed by atoms with Gasteiger partial charge in [-0.1, -0.05) is 73.6 Å². The Kier molecular flexibility index (Phi) is 7.42. The fourth-order valence-electron chi connectivity index (χ4n) is 4.33. The number of hydrogen-bond acceptors (Lipinski definition) is 5. The van der Waals surface area contributed by atoms with Crippen molar-refractivity contribution >= 4 is 5.97 Å². The Labute approximate surface area is 205 Å². The zero-order chi connectivity index (χ0) is 24.9. The number of aliphatic carboxylic acids is 1. The molecular weight excluding hydrogens is 440 g/mol. The lowest BCUT2D eigenvalue weighted by Crippen LogP contribution is -2.12. The van der Waals surface area contributed by atoms with Gasteiger partial charge in [0.05, 0.1) is 12.5 Å². The standard InChI is InChI=1S/C29H30N2O4/c1-18-7-5-6-8-25(18)26-14-13-23(16-24(26)17-34-4)28-30-27(31-35-28)22-11-9-21(10-12-22)19(2)15-20(3)29(32)33/h5-14,16,19-20H,15,17H2,1-4H3,(H,32,33)/t19-,20-/m0/s1. The molecule has 0 spiro atoms. The number of aryl methyl sites for hydroxylation is 1. The lowest BCUT2D eigenvalue weighted by Gasteiger charge is -2.14. The lowest BCUT2D eigenvalue weighted by molar-refractivity contribution is -0.141. The summed E-state index contributed by atoms with van der Waals surface area (Å²) >= 11 is 0. The van der Waals surface area contributed by atoms with Crippen LogP contribution in [0.1, 0.15) is 42.9 Å². The van der Waals surface area contributed by atoms with Gasteiger partial charge in [-0.05, 0) is 59.2 Å². The van der Waals surface area contributed by atoms with Gasteiger partial charge in [0.15, 0.2) is 0 Å². The first-order valence-electron chi connectivity index (χ1n) is 11.7. The minimum Gasteiger partial charge on any atom is -0.481 e. The zero-order valence-corrected chi connectivity index (χ0v) is 20.5. The van der Waals surface area contributed by atoms with Crippen molar-refractivity contribution in [2.75, 3.05) is 7.11 Å². The van der Waals surface area contributed by atoms with Crippen molar-refractivity contribution in [1.29, 1.82) is 0 Å². The van der Waals surface area contributed by atoms with E-state index in [2.05, 4.69) is 35.3 Å². The number of carbonyl (C=O) groups is 1. The molecule has 0 radical (unpaired) electrons. The van der Waals surface area contributed by atoms with Gasteiger partial charge in [-0.25, -0.2) is 0 Å². The Morgan fingerprint density at radius 3 is 2.40 bits per heavy atom. The highest BCUT2D eigenvalue weighted by Gasteiger charge is 2.18. The molecule has 1 N–H and O–H groups in total. The monoisotopic (exact) mass is 470 g/mol. The normalized spacial score (nSPS) is 12.9. The van der Waals surface area contributed by atoms with Crippen LogP contribution >= 0.6 is 0 Å². The molecule has 6 nitrogen and oxygen atoms in total. The van der Waals surface area contributed by atoms with Crippen LogP contribution in [-0.2, 0) is 16.1 Å². The van der Waals surface area contributed by atoms with E-state index in [1.807, 2.05) is 55.5 Å². The van der Waals surface area contributed by atoms with E-state index in [0.29, 0.717) is 24.7 Å². The van der Waals surface area contributed by atoms with Gasteiger partial charge >= 0.3 is 5.97 Å².